The number of halogens is 2. The lowest BCUT2D eigenvalue weighted by Gasteiger charge is -2.26. The number of rotatable bonds is 8. The molecule has 0 spiro atoms. The second kappa shape index (κ2) is 9.30. The molecule has 27 heavy (non-hydrogen) atoms. The standard InChI is InChI=1S/C20H26F2N4O/c1-5-25(6-2)17-13-12-16(19(24-17)26(7-3)8-4)23-20(27)18-14(21)10-9-11-15(18)22/h9-13H,5-8H2,1-4H3,(H,23,27). The van der Waals surface area contributed by atoms with E-state index in [9.17, 15) is 13.6 Å². The van der Waals surface area contributed by atoms with Crippen molar-refractivity contribution in [2.75, 3.05) is 41.3 Å². The van der Waals surface area contributed by atoms with Gasteiger partial charge >= 0.3 is 0 Å². The second-order valence-corrected chi connectivity index (χ2v) is 5.94. The molecule has 7 heteroatoms. The van der Waals surface area contributed by atoms with Gasteiger partial charge in [-0.05, 0) is 52.0 Å². The predicted octanol–water partition coefficient (Wildman–Crippen LogP) is 4.30. The van der Waals surface area contributed by atoms with Crippen molar-refractivity contribution < 1.29 is 13.6 Å². The zero-order valence-electron chi connectivity index (χ0n) is 16.2. The van der Waals surface area contributed by atoms with Gasteiger partial charge in [-0.3, -0.25) is 4.79 Å². The summed E-state index contributed by atoms with van der Waals surface area (Å²) in [5.41, 5.74) is -0.182. The van der Waals surface area contributed by atoms with Gasteiger partial charge in [0.1, 0.15) is 23.0 Å². The minimum Gasteiger partial charge on any atom is -0.357 e. The summed E-state index contributed by atoms with van der Waals surface area (Å²) < 4.78 is 27.8. The number of benzene rings is 1. The fraction of sp³-hybridized carbons (Fsp3) is 0.400. The number of nitrogens with zero attached hydrogens (tertiary/aromatic N) is 3. The fourth-order valence-corrected chi connectivity index (χ4v) is 2.92. The number of hydrogen-bond donors (Lipinski definition) is 1. The highest BCUT2D eigenvalue weighted by Crippen LogP contribution is 2.28. The molecule has 2 rings (SSSR count). The summed E-state index contributed by atoms with van der Waals surface area (Å²) in [4.78, 5) is 21.3. The Morgan fingerprint density at radius 1 is 0.926 bits per heavy atom. The van der Waals surface area contributed by atoms with E-state index in [1.165, 1.54) is 6.07 Å². The average molecular weight is 376 g/mol. The van der Waals surface area contributed by atoms with Crippen LogP contribution in [0, 0.1) is 11.6 Å². The lowest BCUT2D eigenvalue weighted by Crippen LogP contribution is -2.28. The smallest absolute Gasteiger partial charge is 0.261 e. The van der Waals surface area contributed by atoms with Gasteiger partial charge < -0.3 is 15.1 Å². The molecule has 0 fully saturated rings. The molecule has 0 aliphatic heterocycles. The van der Waals surface area contributed by atoms with Crippen LogP contribution in [0.25, 0.3) is 0 Å². The maximum absolute atomic E-state index is 13.9. The summed E-state index contributed by atoms with van der Waals surface area (Å²) in [7, 11) is 0. The van der Waals surface area contributed by atoms with Gasteiger partial charge in [0.05, 0.1) is 5.69 Å². The van der Waals surface area contributed by atoms with Crippen molar-refractivity contribution in [1.29, 1.82) is 0 Å². The first-order chi connectivity index (χ1) is 13.0. The van der Waals surface area contributed by atoms with Gasteiger partial charge in [-0.15, -0.1) is 0 Å². The van der Waals surface area contributed by atoms with Gasteiger partial charge in [-0.25, -0.2) is 13.8 Å². The average Bonchev–Trinajstić information content (AvgIpc) is 2.65. The second-order valence-electron chi connectivity index (χ2n) is 5.94. The quantitative estimate of drug-likeness (QED) is 0.746. The number of carbonyl (C=O) groups is 1. The number of pyridine rings is 1. The molecule has 0 unspecified atom stereocenters. The summed E-state index contributed by atoms with van der Waals surface area (Å²) in [6.07, 6.45) is 0. The van der Waals surface area contributed by atoms with Crippen molar-refractivity contribution >= 4 is 23.2 Å². The Bertz CT molecular complexity index is 769. The number of nitrogens with one attached hydrogen (secondary N) is 1. The van der Waals surface area contributed by atoms with E-state index in [-0.39, 0.29) is 0 Å². The molecule has 5 nitrogen and oxygen atoms in total. The van der Waals surface area contributed by atoms with Crippen LogP contribution in [-0.2, 0) is 0 Å². The van der Waals surface area contributed by atoms with Crippen LogP contribution in [0.3, 0.4) is 0 Å². The van der Waals surface area contributed by atoms with E-state index in [2.05, 4.69) is 10.2 Å². The molecule has 0 bridgehead atoms. The van der Waals surface area contributed by atoms with Crippen LogP contribution < -0.4 is 15.1 Å². The van der Waals surface area contributed by atoms with E-state index >= 15 is 0 Å². The summed E-state index contributed by atoms with van der Waals surface area (Å²) in [6.45, 7) is 11.0. The highest BCUT2D eigenvalue weighted by Gasteiger charge is 2.20. The molecule has 0 radical (unpaired) electrons. The molecular formula is C20H26F2N4O. The van der Waals surface area contributed by atoms with Crippen molar-refractivity contribution in [2.24, 2.45) is 0 Å². The molecule has 0 atom stereocenters. The maximum Gasteiger partial charge on any atom is 0.261 e. The van der Waals surface area contributed by atoms with Crippen molar-refractivity contribution in [3.05, 3.63) is 47.5 Å². The third kappa shape index (κ3) is 4.53. The first-order valence-electron chi connectivity index (χ1n) is 9.22. The summed E-state index contributed by atoms with van der Waals surface area (Å²) in [5.74, 6) is -1.27. The van der Waals surface area contributed by atoms with E-state index in [1.807, 2.05) is 32.6 Å². The molecule has 1 aromatic carbocycles. The molecule has 1 amide bonds. The van der Waals surface area contributed by atoms with Crippen LogP contribution in [0.15, 0.2) is 30.3 Å². The zero-order valence-corrected chi connectivity index (χ0v) is 16.2. The van der Waals surface area contributed by atoms with E-state index < -0.39 is 23.1 Å². The normalized spacial score (nSPS) is 10.6. The zero-order chi connectivity index (χ0) is 20.0. The Hall–Kier alpha value is -2.70. The number of anilines is 3. The van der Waals surface area contributed by atoms with Crippen molar-refractivity contribution in [2.45, 2.75) is 27.7 Å². The molecule has 0 aliphatic carbocycles. The molecule has 0 saturated heterocycles. The van der Waals surface area contributed by atoms with Gasteiger partial charge in [-0.1, -0.05) is 6.07 Å². The molecule has 1 N–H and O–H groups in total. The predicted molar refractivity (Wildman–Crippen MR) is 106 cm³/mol. The Morgan fingerprint density at radius 3 is 2.00 bits per heavy atom. The Balaban J connectivity index is 2.44. The minimum atomic E-state index is -0.899. The van der Waals surface area contributed by atoms with Crippen molar-refractivity contribution in [3.63, 3.8) is 0 Å². The van der Waals surface area contributed by atoms with Crippen LogP contribution in [0.4, 0.5) is 26.1 Å². The topological polar surface area (TPSA) is 48.5 Å². The van der Waals surface area contributed by atoms with E-state index in [0.29, 0.717) is 24.6 Å². The van der Waals surface area contributed by atoms with Gasteiger partial charge in [-0.2, -0.15) is 0 Å². The number of carbonyl (C=O) groups excluding carboxylic acids is 1. The van der Waals surface area contributed by atoms with Crippen LogP contribution in [0.1, 0.15) is 38.1 Å². The monoisotopic (exact) mass is 376 g/mol. The van der Waals surface area contributed by atoms with E-state index in [0.717, 1.165) is 31.0 Å². The minimum absolute atomic E-state index is 0.419. The van der Waals surface area contributed by atoms with Crippen LogP contribution >= 0.6 is 0 Å². The van der Waals surface area contributed by atoms with E-state index in [1.54, 1.807) is 12.1 Å². The van der Waals surface area contributed by atoms with Crippen molar-refractivity contribution in [3.8, 4) is 0 Å². The maximum atomic E-state index is 13.9. The summed E-state index contributed by atoms with van der Waals surface area (Å²) >= 11 is 0. The molecule has 0 aliphatic rings. The number of amides is 1. The Kier molecular flexibility index (Phi) is 7.10. The van der Waals surface area contributed by atoms with E-state index in [4.69, 9.17) is 4.98 Å². The summed E-state index contributed by atoms with van der Waals surface area (Å²) in [6, 6.07) is 6.87. The third-order valence-corrected chi connectivity index (χ3v) is 4.45. The lowest BCUT2D eigenvalue weighted by atomic mass is 10.1. The molecule has 2 aromatic rings. The Morgan fingerprint density at radius 2 is 1.48 bits per heavy atom. The third-order valence-electron chi connectivity index (χ3n) is 4.45. The van der Waals surface area contributed by atoms with Crippen LogP contribution in [-0.4, -0.2) is 37.1 Å². The van der Waals surface area contributed by atoms with Crippen molar-refractivity contribution in [1.82, 2.24) is 4.98 Å². The number of hydrogen-bond acceptors (Lipinski definition) is 4. The molecular weight excluding hydrogens is 350 g/mol. The lowest BCUT2D eigenvalue weighted by molar-refractivity contribution is 0.101. The number of aromatic nitrogens is 1. The molecule has 1 heterocycles. The first-order valence-corrected chi connectivity index (χ1v) is 9.22. The molecule has 146 valence electrons. The van der Waals surface area contributed by atoms with Crippen LogP contribution in [0.2, 0.25) is 0 Å². The SMILES string of the molecule is CCN(CC)c1ccc(NC(=O)c2c(F)cccc2F)c(N(CC)CC)n1. The highest BCUT2D eigenvalue weighted by molar-refractivity contribution is 6.06. The largest absolute Gasteiger partial charge is 0.357 e. The Labute approximate surface area is 159 Å². The molecule has 0 saturated carbocycles. The van der Waals surface area contributed by atoms with Gasteiger partial charge in [0.25, 0.3) is 5.91 Å². The van der Waals surface area contributed by atoms with Gasteiger partial charge in [0.15, 0.2) is 5.82 Å². The molecule has 1 aromatic heterocycles. The van der Waals surface area contributed by atoms with Gasteiger partial charge in [0, 0.05) is 26.2 Å². The van der Waals surface area contributed by atoms with Crippen LogP contribution in [0.5, 0.6) is 0 Å². The first kappa shape index (κ1) is 20.6. The summed E-state index contributed by atoms with van der Waals surface area (Å²) in [5, 5.41) is 2.62. The van der Waals surface area contributed by atoms with Gasteiger partial charge in [0.2, 0.25) is 0 Å². The highest BCUT2D eigenvalue weighted by atomic mass is 19.1. The fourth-order valence-electron chi connectivity index (χ4n) is 2.92.